The minimum Gasteiger partial charge on any atom is -0.355 e. The van der Waals surface area contributed by atoms with Crippen LogP contribution in [0.5, 0.6) is 0 Å². The van der Waals surface area contributed by atoms with Crippen LogP contribution in [0.2, 0.25) is 0 Å². The van der Waals surface area contributed by atoms with Gasteiger partial charge < -0.3 is 9.42 Å². The number of piperidine rings is 1. The Morgan fingerprint density at radius 2 is 1.77 bits per heavy atom. The molecule has 1 aliphatic heterocycles. The molecule has 116 valence electrons. The Morgan fingerprint density at radius 3 is 2.41 bits per heavy atom. The van der Waals surface area contributed by atoms with Crippen molar-refractivity contribution in [1.29, 1.82) is 0 Å². The van der Waals surface area contributed by atoms with E-state index in [1.54, 1.807) is 6.07 Å². The van der Waals surface area contributed by atoms with Crippen LogP contribution in [0.15, 0.2) is 40.9 Å². The highest BCUT2D eigenvalue weighted by Gasteiger charge is 2.34. The van der Waals surface area contributed by atoms with Crippen LogP contribution in [0.25, 0.3) is 11.3 Å². The molecule has 2 heterocycles. The van der Waals surface area contributed by atoms with Gasteiger partial charge in [0.25, 0.3) is 5.91 Å². The normalized spacial score (nSPS) is 25.2. The number of benzene rings is 1. The predicted molar refractivity (Wildman–Crippen MR) is 85.4 cm³/mol. The van der Waals surface area contributed by atoms with Crippen molar-refractivity contribution in [2.75, 3.05) is 0 Å². The van der Waals surface area contributed by atoms with Crippen LogP contribution in [0.4, 0.5) is 0 Å². The fourth-order valence-electron chi connectivity index (χ4n) is 3.57. The fraction of sp³-hybridized carbons (Fsp3) is 0.444. The Morgan fingerprint density at radius 1 is 1.14 bits per heavy atom. The second kappa shape index (κ2) is 5.95. The molecule has 1 aromatic carbocycles. The molecule has 22 heavy (non-hydrogen) atoms. The van der Waals surface area contributed by atoms with E-state index < -0.39 is 0 Å². The molecule has 0 bridgehead atoms. The molecular formula is C18H22N2O2. The minimum atomic E-state index is -0.0298. The van der Waals surface area contributed by atoms with Crippen LogP contribution in [-0.4, -0.2) is 28.0 Å². The van der Waals surface area contributed by atoms with Gasteiger partial charge in [-0.2, -0.15) is 0 Å². The first kappa shape index (κ1) is 14.8. The molecule has 1 aliphatic rings. The third-order valence-corrected chi connectivity index (χ3v) is 4.46. The molecule has 0 aliphatic carbocycles. The average molecular weight is 298 g/mol. The Kier molecular flexibility index (Phi) is 4.01. The highest BCUT2D eigenvalue weighted by molar-refractivity contribution is 5.93. The number of amides is 1. The summed E-state index contributed by atoms with van der Waals surface area (Å²) in [4.78, 5) is 14.7. The van der Waals surface area contributed by atoms with Crippen molar-refractivity contribution in [3.05, 3.63) is 42.1 Å². The van der Waals surface area contributed by atoms with Crippen LogP contribution in [0.3, 0.4) is 0 Å². The molecule has 4 heteroatoms. The summed E-state index contributed by atoms with van der Waals surface area (Å²) in [5.74, 6) is 1.26. The monoisotopic (exact) mass is 298 g/mol. The van der Waals surface area contributed by atoms with Crippen LogP contribution in [0.1, 0.15) is 44.1 Å². The summed E-state index contributed by atoms with van der Waals surface area (Å²) in [6.45, 7) is 6.48. The Bertz CT molecular complexity index is 638. The van der Waals surface area contributed by atoms with Crippen LogP contribution in [0, 0.1) is 5.92 Å². The van der Waals surface area contributed by atoms with Gasteiger partial charge in [-0.1, -0.05) is 42.4 Å². The molecule has 2 aromatic rings. The van der Waals surface area contributed by atoms with Gasteiger partial charge in [0, 0.05) is 23.7 Å². The lowest BCUT2D eigenvalue weighted by Gasteiger charge is -2.41. The lowest BCUT2D eigenvalue weighted by Crippen LogP contribution is -2.49. The number of rotatable bonds is 2. The summed E-state index contributed by atoms with van der Waals surface area (Å²) >= 11 is 0. The number of hydrogen-bond donors (Lipinski definition) is 0. The lowest BCUT2D eigenvalue weighted by molar-refractivity contribution is 0.0424. The summed E-state index contributed by atoms with van der Waals surface area (Å²) in [5, 5.41) is 3.99. The zero-order chi connectivity index (χ0) is 15.7. The van der Waals surface area contributed by atoms with Crippen molar-refractivity contribution in [2.24, 2.45) is 5.92 Å². The summed E-state index contributed by atoms with van der Waals surface area (Å²) in [6, 6.07) is 11.9. The van der Waals surface area contributed by atoms with Gasteiger partial charge in [-0.05, 0) is 32.6 Å². The summed E-state index contributed by atoms with van der Waals surface area (Å²) < 4.78 is 5.36. The van der Waals surface area contributed by atoms with E-state index in [9.17, 15) is 4.79 Å². The first-order valence-electron chi connectivity index (χ1n) is 7.91. The molecule has 0 saturated carbocycles. The van der Waals surface area contributed by atoms with E-state index in [-0.39, 0.29) is 18.0 Å². The number of aromatic nitrogens is 1. The van der Waals surface area contributed by atoms with E-state index in [4.69, 9.17) is 4.52 Å². The fourth-order valence-corrected chi connectivity index (χ4v) is 3.57. The Hall–Kier alpha value is -2.10. The molecule has 4 nitrogen and oxygen atoms in total. The van der Waals surface area contributed by atoms with E-state index in [0.717, 1.165) is 18.4 Å². The second-order valence-corrected chi connectivity index (χ2v) is 6.43. The summed E-state index contributed by atoms with van der Waals surface area (Å²) in [5.41, 5.74) is 1.33. The smallest absolute Gasteiger partial charge is 0.276 e. The van der Waals surface area contributed by atoms with Gasteiger partial charge in [0.15, 0.2) is 11.5 Å². The maximum atomic E-state index is 12.8. The van der Waals surface area contributed by atoms with Gasteiger partial charge in [0.2, 0.25) is 0 Å². The first-order valence-corrected chi connectivity index (χ1v) is 7.91. The maximum Gasteiger partial charge on any atom is 0.276 e. The van der Waals surface area contributed by atoms with Crippen molar-refractivity contribution < 1.29 is 9.32 Å². The first-order chi connectivity index (χ1) is 10.6. The lowest BCUT2D eigenvalue weighted by atomic mass is 9.88. The van der Waals surface area contributed by atoms with Gasteiger partial charge in [0.1, 0.15) is 0 Å². The zero-order valence-corrected chi connectivity index (χ0v) is 13.3. The standard InChI is InChI=1S/C18H22N2O2/c1-12-9-13(2)20(14(3)10-12)18(21)16-11-17(22-19-16)15-7-5-4-6-8-15/h4-8,11-14H,9-10H2,1-3H3/t13-,14-/m0/s1. The predicted octanol–water partition coefficient (Wildman–Crippen LogP) is 3.99. The molecule has 3 rings (SSSR count). The molecule has 1 saturated heterocycles. The molecular weight excluding hydrogens is 276 g/mol. The summed E-state index contributed by atoms with van der Waals surface area (Å²) in [7, 11) is 0. The largest absolute Gasteiger partial charge is 0.355 e. The van der Waals surface area contributed by atoms with Gasteiger partial charge in [0.05, 0.1) is 0 Å². The van der Waals surface area contributed by atoms with Crippen molar-refractivity contribution in [1.82, 2.24) is 10.1 Å². The van der Waals surface area contributed by atoms with Gasteiger partial charge in [-0.25, -0.2) is 0 Å². The van der Waals surface area contributed by atoms with E-state index in [2.05, 4.69) is 25.9 Å². The molecule has 0 spiro atoms. The van der Waals surface area contributed by atoms with E-state index in [1.807, 2.05) is 35.2 Å². The number of nitrogens with zero attached hydrogens (tertiary/aromatic N) is 2. The number of carbonyl (C=O) groups excluding carboxylic acids is 1. The topological polar surface area (TPSA) is 46.3 Å². The third-order valence-electron chi connectivity index (χ3n) is 4.46. The third kappa shape index (κ3) is 2.78. The quantitative estimate of drug-likeness (QED) is 0.842. The molecule has 0 radical (unpaired) electrons. The van der Waals surface area contributed by atoms with Gasteiger partial charge >= 0.3 is 0 Å². The van der Waals surface area contributed by atoms with Gasteiger partial charge in [-0.15, -0.1) is 0 Å². The number of hydrogen-bond acceptors (Lipinski definition) is 3. The van der Waals surface area contributed by atoms with E-state index in [1.165, 1.54) is 0 Å². The van der Waals surface area contributed by atoms with Crippen molar-refractivity contribution in [3.8, 4) is 11.3 Å². The SMILES string of the molecule is CC1C[C@H](C)N(C(=O)c2cc(-c3ccccc3)on2)[C@@H](C)C1. The Balaban J connectivity index is 1.82. The number of likely N-dealkylation sites (tertiary alicyclic amines) is 1. The van der Waals surface area contributed by atoms with Crippen molar-refractivity contribution >= 4 is 5.91 Å². The van der Waals surface area contributed by atoms with E-state index >= 15 is 0 Å². The highest BCUT2D eigenvalue weighted by Crippen LogP contribution is 2.29. The molecule has 1 amide bonds. The van der Waals surface area contributed by atoms with Crippen LogP contribution < -0.4 is 0 Å². The molecule has 0 N–H and O–H groups in total. The average Bonchev–Trinajstić information content (AvgIpc) is 2.97. The molecule has 2 atom stereocenters. The van der Waals surface area contributed by atoms with Crippen molar-refractivity contribution in [3.63, 3.8) is 0 Å². The van der Waals surface area contributed by atoms with Crippen LogP contribution >= 0.6 is 0 Å². The maximum absolute atomic E-state index is 12.8. The highest BCUT2D eigenvalue weighted by atomic mass is 16.5. The second-order valence-electron chi connectivity index (χ2n) is 6.43. The van der Waals surface area contributed by atoms with Crippen LogP contribution in [-0.2, 0) is 0 Å². The Labute approximate surface area is 131 Å². The molecule has 1 fully saturated rings. The summed E-state index contributed by atoms with van der Waals surface area (Å²) in [6.07, 6.45) is 2.08. The van der Waals surface area contributed by atoms with Gasteiger partial charge in [-0.3, -0.25) is 4.79 Å². The number of carbonyl (C=O) groups is 1. The van der Waals surface area contributed by atoms with Crippen molar-refractivity contribution in [2.45, 2.75) is 45.7 Å². The van der Waals surface area contributed by atoms with E-state index in [0.29, 0.717) is 17.4 Å². The minimum absolute atomic E-state index is 0.0298. The molecule has 0 unspecified atom stereocenters. The molecule has 1 aromatic heterocycles. The zero-order valence-electron chi connectivity index (χ0n) is 13.3.